The lowest BCUT2D eigenvalue weighted by atomic mass is 10.2. The number of rotatable bonds is 4. The molecule has 2 aromatic rings. The molecule has 0 aliphatic rings. The lowest BCUT2D eigenvalue weighted by molar-refractivity contribution is 0.586. The van der Waals surface area contributed by atoms with Gasteiger partial charge in [-0.3, -0.25) is 0 Å². The molecule has 0 saturated carbocycles. The van der Waals surface area contributed by atoms with Crippen LogP contribution in [0.1, 0.15) is 0 Å². The summed E-state index contributed by atoms with van der Waals surface area (Å²) in [5.74, 6) is 0. The molecule has 18 heavy (non-hydrogen) atoms. The van der Waals surface area contributed by atoms with Gasteiger partial charge in [0.2, 0.25) is 10.0 Å². The third kappa shape index (κ3) is 2.50. The smallest absolute Gasteiger partial charge is 0.243 e. The molecule has 5 nitrogen and oxygen atoms in total. The maximum Gasteiger partial charge on any atom is 0.243 e. The van der Waals surface area contributed by atoms with Crippen molar-refractivity contribution in [1.29, 1.82) is 0 Å². The lowest BCUT2D eigenvalue weighted by Crippen LogP contribution is -2.24. The Kier molecular flexibility index (Phi) is 3.34. The Morgan fingerprint density at radius 1 is 1.50 bits per heavy atom. The number of hydrogen-bond acceptors (Lipinski definition) is 3. The summed E-state index contributed by atoms with van der Waals surface area (Å²) in [4.78, 5) is 3.03. The van der Waals surface area contributed by atoms with Crippen LogP contribution in [0.3, 0.4) is 0 Å². The minimum Gasteiger partial charge on any atom is -0.399 e. The Morgan fingerprint density at radius 3 is 2.89 bits per heavy atom. The number of H-pyrrole nitrogens is 1. The maximum atomic E-state index is 12.0. The number of aromatic nitrogens is 1. The monoisotopic (exact) mass is 285 g/mol. The van der Waals surface area contributed by atoms with E-state index in [1.807, 2.05) is 0 Å². The Morgan fingerprint density at radius 2 is 2.22 bits per heavy atom. The predicted octanol–water partition coefficient (Wildman–Crippen LogP) is 1.78. The quantitative estimate of drug-likeness (QED) is 0.748. The molecule has 0 atom stereocenters. The summed E-state index contributed by atoms with van der Waals surface area (Å²) < 4.78 is 26.4. The van der Waals surface area contributed by atoms with Crippen LogP contribution in [0, 0.1) is 0 Å². The van der Waals surface area contributed by atoms with E-state index < -0.39 is 10.0 Å². The van der Waals surface area contributed by atoms with E-state index in [0.717, 1.165) is 0 Å². The highest BCUT2D eigenvalue weighted by Crippen LogP contribution is 2.24. The van der Waals surface area contributed by atoms with Gasteiger partial charge >= 0.3 is 0 Å². The zero-order valence-corrected chi connectivity index (χ0v) is 11.0. The molecule has 96 valence electrons. The van der Waals surface area contributed by atoms with Crippen LogP contribution in [0.5, 0.6) is 0 Å². The highest BCUT2D eigenvalue weighted by atomic mass is 35.5. The van der Waals surface area contributed by atoms with Crippen LogP contribution in [-0.4, -0.2) is 19.9 Å². The molecule has 0 unspecified atom stereocenters. The molecule has 0 saturated heterocycles. The van der Waals surface area contributed by atoms with Gasteiger partial charge in [-0.15, -0.1) is 0 Å². The van der Waals surface area contributed by atoms with Crippen molar-refractivity contribution in [2.75, 3.05) is 12.3 Å². The highest BCUT2D eigenvalue weighted by Gasteiger charge is 2.18. The highest BCUT2D eigenvalue weighted by molar-refractivity contribution is 7.89. The van der Waals surface area contributed by atoms with Crippen LogP contribution in [0.15, 0.2) is 40.9 Å². The Balaban J connectivity index is 2.45. The molecule has 0 aliphatic carbocycles. The summed E-state index contributed by atoms with van der Waals surface area (Å²) in [6.07, 6.45) is 1.42. The summed E-state index contributed by atoms with van der Waals surface area (Å²) in [5.41, 5.74) is 6.86. The standard InChI is InChI=1S/C11H12ClN3O2S/c1-7(12)5-15-18(16,17)11-6-14-10-4-8(13)2-3-9(10)11/h2-4,6,14-15H,1,5,13H2. The van der Waals surface area contributed by atoms with Crippen molar-refractivity contribution in [3.8, 4) is 0 Å². The second-order valence-corrected chi connectivity index (χ2v) is 6.07. The van der Waals surface area contributed by atoms with Crippen molar-refractivity contribution in [1.82, 2.24) is 9.71 Å². The van der Waals surface area contributed by atoms with Gasteiger partial charge in [-0.05, 0) is 18.2 Å². The fourth-order valence-corrected chi connectivity index (χ4v) is 2.94. The molecule has 0 spiro atoms. The second-order valence-electron chi connectivity index (χ2n) is 3.80. The number of fused-ring (bicyclic) bond motifs is 1. The number of nitrogen functional groups attached to an aromatic ring is 1. The van der Waals surface area contributed by atoms with Crippen LogP contribution in [0.25, 0.3) is 10.9 Å². The lowest BCUT2D eigenvalue weighted by Gasteiger charge is -2.04. The number of halogens is 1. The zero-order valence-electron chi connectivity index (χ0n) is 9.40. The molecule has 0 bridgehead atoms. The van der Waals surface area contributed by atoms with Gasteiger partial charge < -0.3 is 10.7 Å². The summed E-state index contributed by atoms with van der Waals surface area (Å²) in [5, 5.41) is 0.805. The topological polar surface area (TPSA) is 88.0 Å². The Bertz CT molecular complexity index is 706. The molecule has 0 amide bonds. The van der Waals surface area contributed by atoms with E-state index in [9.17, 15) is 8.42 Å². The summed E-state index contributed by atoms with van der Waals surface area (Å²) in [7, 11) is -3.62. The van der Waals surface area contributed by atoms with E-state index in [2.05, 4.69) is 16.3 Å². The number of aromatic amines is 1. The summed E-state index contributed by atoms with van der Waals surface area (Å²) in [6, 6.07) is 4.98. The fourth-order valence-electron chi connectivity index (χ4n) is 1.59. The maximum absolute atomic E-state index is 12.0. The number of benzene rings is 1. The number of anilines is 1. The molecule has 0 radical (unpaired) electrons. The van der Waals surface area contributed by atoms with Gasteiger partial charge in [0, 0.05) is 34.4 Å². The summed E-state index contributed by atoms with van der Waals surface area (Å²) in [6.45, 7) is 3.42. The van der Waals surface area contributed by atoms with Crippen molar-refractivity contribution in [2.24, 2.45) is 0 Å². The first-order valence-corrected chi connectivity index (χ1v) is 6.96. The van der Waals surface area contributed by atoms with Crippen LogP contribution in [0.2, 0.25) is 0 Å². The van der Waals surface area contributed by atoms with E-state index in [-0.39, 0.29) is 16.5 Å². The van der Waals surface area contributed by atoms with E-state index in [0.29, 0.717) is 16.6 Å². The van der Waals surface area contributed by atoms with Crippen LogP contribution >= 0.6 is 11.6 Å². The Labute approximate surface area is 110 Å². The van der Waals surface area contributed by atoms with Gasteiger partial charge in [-0.1, -0.05) is 18.2 Å². The van der Waals surface area contributed by atoms with Gasteiger partial charge in [-0.25, -0.2) is 13.1 Å². The van der Waals surface area contributed by atoms with Crippen molar-refractivity contribution >= 4 is 38.2 Å². The third-order valence-corrected chi connectivity index (χ3v) is 3.99. The molecule has 1 heterocycles. The normalized spacial score (nSPS) is 11.8. The number of nitrogens with one attached hydrogen (secondary N) is 2. The fraction of sp³-hybridized carbons (Fsp3) is 0.0909. The molecule has 2 rings (SSSR count). The zero-order chi connectivity index (χ0) is 13.3. The molecule has 7 heteroatoms. The second kappa shape index (κ2) is 4.64. The van der Waals surface area contributed by atoms with Gasteiger partial charge in [0.25, 0.3) is 0 Å². The molecular weight excluding hydrogens is 274 g/mol. The SMILES string of the molecule is C=C(Cl)CNS(=O)(=O)c1c[nH]c2cc(N)ccc12. The van der Waals surface area contributed by atoms with Gasteiger partial charge in [0.1, 0.15) is 4.90 Å². The average Bonchev–Trinajstić information content (AvgIpc) is 2.70. The first-order chi connectivity index (χ1) is 8.40. The van der Waals surface area contributed by atoms with Crippen molar-refractivity contribution in [3.05, 3.63) is 36.0 Å². The van der Waals surface area contributed by atoms with Crippen molar-refractivity contribution in [2.45, 2.75) is 4.90 Å². The minimum absolute atomic E-state index is 0.00840. The van der Waals surface area contributed by atoms with Crippen LogP contribution in [-0.2, 0) is 10.0 Å². The third-order valence-electron chi connectivity index (χ3n) is 2.41. The van der Waals surface area contributed by atoms with E-state index in [4.69, 9.17) is 17.3 Å². The van der Waals surface area contributed by atoms with E-state index in [1.165, 1.54) is 6.20 Å². The van der Waals surface area contributed by atoms with Crippen molar-refractivity contribution in [3.63, 3.8) is 0 Å². The molecule has 0 fully saturated rings. The molecule has 4 N–H and O–H groups in total. The Hall–Kier alpha value is -1.50. The van der Waals surface area contributed by atoms with E-state index >= 15 is 0 Å². The van der Waals surface area contributed by atoms with Gasteiger partial charge in [0.15, 0.2) is 0 Å². The molecule has 1 aromatic carbocycles. The predicted molar refractivity (Wildman–Crippen MR) is 72.9 cm³/mol. The first kappa shape index (κ1) is 12.9. The molecule has 0 aliphatic heterocycles. The van der Waals surface area contributed by atoms with Crippen LogP contribution in [0.4, 0.5) is 5.69 Å². The van der Waals surface area contributed by atoms with Crippen LogP contribution < -0.4 is 10.5 Å². The van der Waals surface area contributed by atoms with Gasteiger partial charge in [-0.2, -0.15) is 0 Å². The number of hydrogen-bond donors (Lipinski definition) is 3. The molecular formula is C11H12ClN3O2S. The average molecular weight is 286 g/mol. The summed E-state index contributed by atoms with van der Waals surface area (Å²) >= 11 is 5.54. The molecule has 1 aromatic heterocycles. The number of sulfonamides is 1. The number of nitrogens with two attached hydrogens (primary N) is 1. The minimum atomic E-state index is -3.62. The van der Waals surface area contributed by atoms with Crippen molar-refractivity contribution < 1.29 is 8.42 Å². The first-order valence-electron chi connectivity index (χ1n) is 5.10. The van der Waals surface area contributed by atoms with Gasteiger partial charge in [0.05, 0.1) is 0 Å². The largest absolute Gasteiger partial charge is 0.399 e. The van der Waals surface area contributed by atoms with E-state index in [1.54, 1.807) is 18.2 Å².